The van der Waals surface area contributed by atoms with E-state index in [4.69, 9.17) is 26.2 Å². The Morgan fingerprint density at radius 3 is 2.55 bits per heavy atom. The van der Waals surface area contributed by atoms with Gasteiger partial charge in [-0.3, -0.25) is 10.1 Å². The minimum absolute atomic E-state index is 0.0344. The van der Waals surface area contributed by atoms with Crippen LogP contribution in [-0.4, -0.2) is 22.8 Å². The van der Waals surface area contributed by atoms with Gasteiger partial charge in [0, 0.05) is 34.7 Å². The zero-order chi connectivity index (χ0) is 21.5. The van der Waals surface area contributed by atoms with Crippen molar-refractivity contribution in [2.75, 3.05) is 7.11 Å². The highest BCUT2D eigenvalue weighted by atomic mass is 35.5. The van der Waals surface area contributed by atoms with Gasteiger partial charge in [-0.15, -0.1) is 0 Å². The van der Waals surface area contributed by atoms with Crippen molar-refractivity contribution >= 4 is 23.0 Å². The van der Waals surface area contributed by atoms with Crippen molar-refractivity contribution < 1.29 is 14.4 Å². The Morgan fingerprint density at radius 1 is 1.13 bits per heavy atom. The first-order chi connectivity index (χ1) is 15.0. The van der Waals surface area contributed by atoms with Gasteiger partial charge in [0.25, 0.3) is 5.69 Å². The average Bonchev–Trinajstić information content (AvgIpc) is 3.24. The molecule has 0 N–H and O–H groups in total. The van der Waals surface area contributed by atoms with Gasteiger partial charge in [0.1, 0.15) is 11.5 Å². The van der Waals surface area contributed by atoms with Gasteiger partial charge in [-0.2, -0.15) is 5.10 Å². The number of methoxy groups -OCH3 is 1. The molecule has 3 aromatic rings. The summed E-state index contributed by atoms with van der Waals surface area (Å²) < 4.78 is 11.5. The zero-order valence-electron chi connectivity index (χ0n) is 16.6. The first-order valence-corrected chi connectivity index (χ1v) is 10.1. The quantitative estimate of drug-likeness (QED) is 0.399. The summed E-state index contributed by atoms with van der Waals surface area (Å²) in [6.07, 6.45) is 0.183. The van der Waals surface area contributed by atoms with Crippen LogP contribution in [0.3, 0.4) is 0 Å². The molecule has 2 atom stereocenters. The Hall–Kier alpha value is -3.58. The van der Waals surface area contributed by atoms with Crippen molar-refractivity contribution in [3.8, 4) is 11.5 Å². The number of rotatable bonds is 4. The number of ether oxygens (including phenoxy) is 2. The highest BCUT2D eigenvalue weighted by Gasteiger charge is 2.41. The number of hydrogen-bond acceptors (Lipinski definition) is 6. The van der Waals surface area contributed by atoms with Crippen molar-refractivity contribution in [3.05, 3.63) is 98.6 Å². The molecule has 7 nitrogen and oxygen atoms in total. The van der Waals surface area contributed by atoms with Gasteiger partial charge >= 0.3 is 0 Å². The van der Waals surface area contributed by atoms with Crippen molar-refractivity contribution in [1.82, 2.24) is 5.01 Å². The van der Waals surface area contributed by atoms with Crippen molar-refractivity contribution in [2.45, 2.75) is 18.7 Å². The molecular weight excluding hydrogens is 418 g/mol. The highest BCUT2D eigenvalue weighted by molar-refractivity contribution is 6.30. The second-order valence-corrected chi connectivity index (χ2v) is 7.81. The molecule has 0 radical (unpaired) electrons. The molecule has 0 saturated carbocycles. The molecule has 0 aromatic heterocycles. The van der Waals surface area contributed by atoms with Crippen molar-refractivity contribution in [3.63, 3.8) is 0 Å². The first kappa shape index (κ1) is 19.4. The van der Waals surface area contributed by atoms with E-state index in [9.17, 15) is 10.1 Å². The van der Waals surface area contributed by atoms with Gasteiger partial charge in [-0.05, 0) is 60.2 Å². The van der Waals surface area contributed by atoms with Gasteiger partial charge in [0.05, 0.1) is 23.8 Å². The average molecular weight is 436 g/mol. The Kier molecular flexibility index (Phi) is 4.75. The van der Waals surface area contributed by atoms with E-state index in [1.165, 1.54) is 12.1 Å². The maximum atomic E-state index is 11.0. The summed E-state index contributed by atoms with van der Waals surface area (Å²) in [7, 11) is 1.63. The predicted molar refractivity (Wildman–Crippen MR) is 117 cm³/mol. The summed E-state index contributed by atoms with van der Waals surface area (Å²) >= 11 is 6.27. The van der Waals surface area contributed by atoms with Crippen LogP contribution in [-0.2, 0) is 0 Å². The SMILES string of the molecule is COc1ccc(C2=NN3[C@@H](c4ccc([N+](=O)[O-])cc4)Oc4ccc(Cl)cc4[C@@H]3C2)cc1. The molecule has 0 amide bonds. The number of hydrogen-bond donors (Lipinski definition) is 0. The van der Waals surface area contributed by atoms with Crippen molar-refractivity contribution in [2.24, 2.45) is 5.10 Å². The molecule has 0 bridgehead atoms. The zero-order valence-corrected chi connectivity index (χ0v) is 17.3. The van der Waals surface area contributed by atoms with Crippen LogP contribution in [0.15, 0.2) is 71.8 Å². The van der Waals surface area contributed by atoms with Crippen LogP contribution in [0, 0.1) is 10.1 Å². The maximum Gasteiger partial charge on any atom is 0.269 e. The fraction of sp³-hybridized carbons (Fsp3) is 0.174. The normalized spacial score (nSPS) is 19.2. The second-order valence-electron chi connectivity index (χ2n) is 7.38. The first-order valence-electron chi connectivity index (χ1n) is 9.74. The molecule has 5 rings (SSSR count). The minimum atomic E-state index is -0.504. The van der Waals surface area contributed by atoms with E-state index >= 15 is 0 Å². The number of benzene rings is 3. The van der Waals surface area contributed by atoms with E-state index in [2.05, 4.69) is 0 Å². The Labute approximate surface area is 183 Å². The molecule has 2 aliphatic rings. The monoisotopic (exact) mass is 435 g/mol. The lowest BCUT2D eigenvalue weighted by Crippen LogP contribution is -2.33. The lowest BCUT2D eigenvalue weighted by atomic mass is 9.96. The molecule has 3 aromatic carbocycles. The molecule has 2 aliphatic heterocycles. The summed E-state index contributed by atoms with van der Waals surface area (Å²) in [4.78, 5) is 10.6. The molecule has 0 spiro atoms. The number of hydrazone groups is 1. The molecule has 31 heavy (non-hydrogen) atoms. The van der Waals surface area contributed by atoms with Crippen LogP contribution in [0.4, 0.5) is 5.69 Å². The van der Waals surface area contributed by atoms with Gasteiger partial charge < -0.3 is 9.47 Å². The van der Waals surface area contributed by atoms with E-state index in [0.717, 1.165) is 33.9 Å². The largest absolute Gasteiger partial charge is 0.497 e. The van der Waals surface area contributed by atoms with E-state index in [1.807, 2.05) is 41.4 Å². The van der Waals surface area contributed by atoms with E-state index in [-0.39, 0.29) is 11.7 Å². The molecule has 0 aliphatic carbocycles. The lowest BCUT2D eigenvalue weighted by Gasteiger charge is -2.38. The molecule has 0 saturated heterocycles. The predicted octanol–water partition coefficient (Wildman–Crippen LogP) is 5.50. The summed E-state index contributed by atoms with van der Waals surface area (Å²) in [6.45, 7) is 0. The van der Waals surface area contributed by atoms with E-state index in [0.29, 0.717) is 11.4 Å². The highest BCUT2D eigenvalue weighted by Crippen LogP contribution is 2.48. The molecule has 0 unspecified atom stereocenters. The third kappa shape index (κ3) is 3.47. The Morgan fingerprint density at radius 2 is 1.87 bits per heavy atom. The molecule has 2 heterocycles. The third-order valence-corrected chi connectivity index (χ3v) is 5.80. The van der Waals surface area contributed by atoms with Gasteiger partial charge in [0.15, 0.2) is 0 Å². The third-order valence-electron chi connectivity index (χ3n) is 5.56. The smallest absolute Gasteiger partial charge is 0.269 e. The Balaban J connectivity index is 1.55. The van der Waals surface area contributed by atoms with Crippen LogP contribution in [0.2, 0.25) is 5.02 Å². The summed E-state index contributed by atoms with van der Waals surface area (Å²) in [5, 5.41) is 18.5. The van der Waals surface area contributed by atoms with Gasteiger partial charge in [-0.25, -0.2) is 5.01 Å². The number of fused-ring (bicyclic) bond motifs is 3. The lowest BCUT2D eigenvalue weighted by molar-refractivity contribution is -0.384. The van der Waals surface area contributed by atoms with Crippen molar-refractivity contribution in [1.29, 1.82) is 0 Å². The Bertz CT molecular complexity index is 1180. The second kappa shape index (κ2) is 7.59. The summed E-state index contributed by atoms with van der Waals surface area (Å²) in [5.41, 5.74) is 3.72. The minimum Gasteiger partial charge on any atom is -0.497 e. The molecule has 8 heteroatoms. The summed E-state index contributed by atoms with van der Waals surface area (Å²) in [5.74, 6) is 1.52. The standard InChI is InChI=1S/C23H18ClN3O4/c1-30-18-9-4-14(5-10-18)20-13-21-19-12-16(24)6-11-22(19)31-23(26(21)25-20)15-2-7-17(8-3-15)27(28)29/h2-12,21,23H,13H2,1H3/t21-,23+/m0/s1. The van der Waals surface area contributed by atoms with Crippen LogP contribution < -0.4 is 9.47 Å². The fourth-order valence-electron chi connectivity index (χ4n) is 4.00. The van der Waals surface area contributed by atoms with Gasteiger partial charge in [0.2, 0.25) is 6.23 Å². The summed E-state index contributed by atoms with van der Waals surface area (Å²) in [6, 6.07) is 19.7. The maximum absolute atomic E-state index is 11.0. The van der Waals surface area contributed by atoms with Crippen LogP contribution in [0.25, 0.3) is 0 Å². The topological polar surface area (TPSA) is 77.2 Å². The fourth-order valence-corrected chi connectivity index (χ4v) is 4.18. The number of nitro groups is 1. The molecule has 156 valence electrons. The van der Waals surface area contributed by atoms with Crippen LogP contribution in [0.1, 0.15) is 35.4 Å². The van der Waals surface area contributed by atoms with Crippen LogP contribution in [0.5, 0.6) is 11.5 Å². The molecule has 0 fully saturated rings. The van der Waals surface area contributed by atoms with E-state index in [1.54, 1.807) is 25.3 Å². The number of nitro benzene ring substituents is 1. The van der Waals surface area contributed by atoms with Crippen LogP contribution >= 0.6 is 11.6 Å². The number of nitrogens with zero attached hydrogens (tertiary/aromatic N) is 3. The number of non-ortho nitro benzene ring substituents is 1. The number of halogens is 1. The van der Waals surface area contributed by atoms with Gasteiger partial charge in [-0.1, -0.05) is 11.6 Å². The van der Waals surface area contributed by atoms with E-state index < -0.39 is 11.2 Å². The molecular formula is C23H18ClN3O4.